The molecule has 1 aliphatic carbocycles. The lowest BCUT2D eigenvalue weighted by atomic mass is 9.96. The Labute approximate surface area is 97.4 Å². The van der Waals surface area contributed by atoms with Gasteiger partial charge in [0, 0.05) is 10.6 Å². The number of ketones is 1. The number of nitriles is 1. The first-order valence-electron chi connectivity index (χ1n) is 4.50. The molecule has 4 heteroatoms. The largest absolute Gasteiger partial charge is 0.292 e. The van der Waals surface area contributed by atoms with E-state index in [4.69, 9.17) is 28.5 Å². The Morgan fingerprint density at radius 1 is 1.40 bits per heavy atom. The van der Waals surface area contributed by atoms with Crippen molar-refractivity contribution in [2.24, 2.45) is 5.41 Å². The van der Waals surface area contributed by atoms with E-state index in [1.807, 2.05) is 0 Å². The molecular formula is C11H7Cl2NO. The normalized spacial score (nSPS) is 16.9. The van der Waals surface area contributed by atoms with Crippen LogP contribution in [0.4, 0.5) is 0 Å². The first kappa shape index (κ1) is 10.5. The Bertz CT molecular complexity index is 472. The SMILES string of the molecule is N#CC1(C(=O)c2ccc(Cl)cc2Cl)CC1. The van der Waals surface area contributed by atoms with Crippen molar-refractivity contribution in [2.75, 3.05) is 0 Å². The van der Waals surface area contributed by atoms with Crippen LogP contribution in [0.15, 0.2) is 18.2 Å². The Morgan fingerprint density at radius 3 is 2.53 bits per heavy atom. The van der Waals surface area contributed by atoms with E-state index in [0.29, 0.717) is 28.5 Å². The summed E-state index contributed by atoms with van der Waals surface area (Å²) in [6.07, 6.45) is 1.25. The molecule has 0 spiro atoms. The first-order valence-corrected chi connectivity index (χ1v) is 5.26. The van der Waals surface area contributed by atoms with Crippen molar-refractivity contribution in [1.29, 1.82) is 5.26 Å². The lowest BCUT2D eigenvalue weighted by Gasteiger charge is -2.06. The minimum Gasteiger partial charge on any atom is -0.292 e. The molecule has 15 heavy (non-hydrogen) atoms. The maximum absolute atomic E-state index is 11.9. The van der Waals surface area contributed by atoms with Crippen LogP contribution in [-0.2, 0) is 0 Å². The van der Waals surface area contributed by atoms with Gasteiger partial charge in [0.1, 0.15) is 5.41 Å². The molecule has 0 aromatic heterocycles. The number of nitrogens with zero attached hydrogens (tertiary/aromatic N) is 1. The van der Waals surface area contributed by atoms with E-state index in [0.717, 1.165) is 0 Å². The summed E-state index contributed by atoms with van der Waals surface area (Å²) in [6, 6.07) is 6.75. The third-order valence-corrected chi connectivity index (χ3v) is 3.12. The molecule has 0 N–H and O–H groups in total. The molecule has 0 bridgehead atoms. The minimum absolute atomic E-state index is 0.188. The van der Waals surface area contributed by atoms with Crippen LogP contribution in [0.5, 0.6) is 0 Å². The Balaban J connectivity index is 2.39. The molecular weight excluding hydrogens is 233 g/mol. The number of carbonyl (C=O) groups excluding carboxylic acids is 1. The number of hydrogen-bond donors (Lipinski definition) is 0. The first-order chi connectivity index (χ1) is 7.09. The molecule has 0 atom stereocenters. The van der Waals surface area contributed by atoms with Gasteiger partial charge in [0.2, 0.25) is 0 Å². The van der Waals surface area contributed by atoms with Crippen LogP contribution < -0.4 is 0 Å². The van der Waals surface area contributed by atoms with Gasteiger partial charge in [-0.1, -0.05) is 23.2 Å². The number of benzene rings is 1. The van der Waals surface area contributed by atoms with Gasteiger partial charge in [-0.15, -0.1) is 0 Å². The van der Waals surface area contributed by atoms with E-state index >= 15 is 0 Å². The van der Waals surface area contributed by atoms with Crippen molar-refractivity contribution in [1.82, 2.24) is 0 Å². The van der Waals surface area contributed by atoms with E-state index in [9.17, 15) is 4.79 Å². The van der Waals surface area contributed by atoms with Crippen molar-refractivity contribution in [2.45, 2.75) is 12.8 Å². The van der Waals surface area contributed by atoms with Gasteiger partial charge in [-0.2, -0.15) is 5.26 Å². The molecule has 0 amide bonds. The second-order valence-corrected chi connectivity index (χ2v) is 4.49. The van der Waals surface area contributed by atoms with Gasteiger partial charge in [0.25, 0.3) is 0 Å². The summed E-state index contributed by atoms with van der Waals surface area (Å²) in [5, 5.41) is 9.69. The minimum atomic E-state index is -0.822. The predicted molar refractivity (Wildman–Crippen MR) is 58.1 cm³/mol. The van der Waals surface area contributed by atoms with Crippen LogP contribution in [0.1, 0.15) is 23.2 Å². The highest BCUT2D eigenvalue weighted by Gasteiger charge is 2.51. The molecule has 2 nitrogen and oxygen atoms in total. The van der Waals surface area contributed by atoms with E-state index in [2.05, 4.69) is 6.07 Å². The standard InChI is InChI=1S/C11H7Cl2NO/c12-7-1-2-8(9(13)5-7)10(15)11(6-14)3-4-11/h1-2,5H,3-4H2. The van der Waals surface area contributed by atoms with Crippen molar-refractivity contribution in [3.63, 3.8) is 0 Å². The van der Waals surface area contributed by atoms with Crippen LogP contribution in [0.3, 0.4) is 0 Å². The molecule has 1 fully saturated rings. The lowest BCUT2D eigenvalue weighted by Crippen LogP contribution is -2.14. The van der Waals surface area contributed by atoms with Gasteiger partial charge < -0.3 is 0 Å². The van der Waals surface area contributed by atoms with Gasteiger partial charge in [0.05, 0.1) is 11.1 Å². The monoisotopic (exact) mass is 239 g/mol. The van der Waals surface area contributed by atoms with Crippen molar-refractivity contribution in [3.05, 3.63) is 33.8 Å². The highest BCUT2D eigenvalue weighted by atomic mass is 35.5. The molecule has 0 saturated heterocycles. The van der Waals surface area contributed by atoms with E-state index in [1.165, 1.54) is 6.07 Å². The van der Waals surface area contributed by atoms with Crippen LogP contribution in [-0.4, -0.2) is 5.78 Å². The highest BCUT2D eigenvalue weighted by molar-refractivity contribution is 6.37. The quantitative estimate of drug-likeness (QED) is 0.742. The molecule has 1 saturated carbocycles. The smallest absolute Gasteiger partial charge is 0.184 e. The summed E-state index contributed by atoms with van der Waals surface area (Å²) >= 11 is 11.6. The fraction of sp³-hybridized carbons (Fsp3) is 0.273. The summed E-state index contributed by atoms with van der Waals surface area (Å²) in [5.74, 6) is -0.188. The number of rotatable bonds is 2. The van der Waals surface area contributed by atoms with Gasteiger partial charge in [-0.05, 0) is 31.0 Å². The number of Topliss-reactive ketones (excluding diaryl/α,β-unsaturated/α-hetero) is 1. The zero-order valence-corrected chi connectivity index (χ0v) is 9.27. The van der Waals surface area contributed by atoms with E-state index in [-0.39, 0.29) is 5.78 Å². The summed E-state index contributed by atoms with van der Waals surface area (Å²) < 4.78 is 0. The molecule has 1 aromatic carbocycles. The zero-order valence-electron chi connectivity index (χ0n) is 7.76. The van der Waals surface area contributed by atoms with Gasteiger partial charge in [0.15, 0.2) is 5.78 Å². The van der Waals surface area contributed by atoms with Crippen LogP contribution in [0, 0.1) is 16.7 Å². The lowest BCUT2D eigenvalue weighted by molar-refractivity contribution is 0.0935. The highest BCUT2D eigenvalue weighted by Crippen LogP contribution is 2.48. The molecule has 1 aromatic rings. The van der Waals surface area contributed by atoms with Gasteiger partial charge in [-0.3, -0.25) is 4.79 Å². The topological polar surface area (TPSA) is 40.9 Å². The van der Waals surface area contributed by atoms with Gasteiger partial charge >= 0.3 is 0 Å². The molecule has 76 valence electrons. The average Bonchev–Trinajstić information content (AvgIpc) is 2.97. The zero-order chi connectivity index (χ0) is 11.1. The van der Waals surface area contributed by atoms with E-state index in [1.54, 1.807) is 12.1 Å². The number of carbonyl (C=O) groups is 1. The summed E-state index contributed by atoms with van der Waals surface area (Å²) in [5.41, 5.74) is -0.433. The van der Waals surface area contributed by atoms with E-state index < -0.39 is 5.41 Å². The molecule has 0 aliphatic heterocycles. The average molecular weight is 240 g/mol. The number of halogens is 2. The third-order valence-electron chi connectivity index (χ3n) is 2.57. The van der Waals surface area contributed by atoms with Crippen LogP contribution in [0.2, 0.25) is 10.0 Å². The van der Waals surface area contributed by atoms with Crippen LogP contribution >= 0.6 is 23.2 Å². The van der Waals surface area contributed by atoms with Gasteiger partial charge in [-0.25, -0.2) is 0 Å². The molecule has 0 radical (unpaired) electrons. The molecule has 0 unspecified atom stereocenters. The Kier molecular flexibility index (Phi) is 2.46. The fourth-order valence-corrected chi connectivity index (χ4v) is 1.94. The maximum Gasteiger partial charge on any atom is 0.184 e. The fourth-order valence-electron chi connectivity index (χ4n) is 1.45. The molecule has 2 rings (SSSR count). The predicted octanol–water partition coefficient (Wildman–Crippen LogP) is 3.48. The van der Waals surface area contributed by atoms with Crippen LogP contribution in [0.25, 0.3) is 0 Å². The third kappa shape index (κ3) is 1.73. The molecule has 0 heterocycles. The Morgan fingerprint density at radius 2 is 2.07 bits per heavy atom. The summed E-state index contributed by atoms with van der Waals surface area (Å²) in [4.78, 5) is 11.9. The second kappa shape index (κ2) is 3.52. The molecule has 1 aliphatic rings. The number of hydrogen-bond acceptors (Lipinski definition) is 2. The second-order valence-electron chi connectivity index (χ2n) is 3.65. The van der Waals surface area contributed by atoms with Crippen molar-refractivity contribution in [3.8, 4) is 6.07 Å². The Hall–Kier alpha value is -1.04. The van der Waals surface area contributed by atoms with Crippen molar-refractivity contribution >= 4 is 29.0 Å². The summed E-state index contributed by atoms with van der Waals surface area (Å²) in [6.45, 7) is 0. The summed E-state index contributed by atoms with van der Waals surface area (Å²) in [7, 11) is 0. The maximum atomic E-state index is 11.9. The van der Waals surface area contributed by atoms with Crippen molar-refractivity contribution < 1.29 is 4.79 Å².